The lowest BCUT2D eigenvalue weighted by Gasteiger charge is -2.33. The Bertz CT molecular complexity index is 1430. The van der Waals surface area contributed by atoms with Crippen LogP contribution in [0.5, 0.6) is 0 Å². The molecule has 208 valence electrons. The molecule has 0 bridgehead atoms. The lowest BCUT2D eigenvalue weighted by molar-refractivity contribution is -0.139. The van der Waals surface area contributed by atoms with Gasteiger partial charge in [-0.05, 0) is 57.2 Å². The number of carbonyl (C=O) groups is 2. The largest absolute Gasteiger partial charge is 0.352 e. The fourth-order valence-corrected chi connectivity index (χ4v) is 6.17. The van der Waals surface area contributed by atoms with Crippen LogP contribution in [0.3, 0.4) is 0 Å². The molecule has 3 rings (SSSR count). The molecule has 3 aromatic carbocycles. The predicted molar refractivity (Wildman–Crippen MR) is 157 cm³/mol. The third-order valence-corrected chi connectivity index (χ3v) is 9.09. The molecule has 7 nitrogen and oxygen atoms in total. The summed E-state index contributed by atoms with van der Waals surface area (Å²) in [6.07, 6.45) is 0. The van der Waals surface area contributed by atoms with Gasteiger partial charge in [0.05, 0.1) is 20.6 Å². The fraction of sp³-hybridized carbons (Fsp3) is 0.259. The Kier molecular flexibility index (Phi) is 10.5. The van der Waals surface area contributed by atoms with Crippen LogP contribution in [-0.4, -0.2) is 43.8 Å². The van der Waals surface area contributed by atoms with E-state index in [0.29, 0.717) is 15.6 Å². The van der Waals surface area contributed by atoms with E-state index in [0.717, 1.165) is 4.31 Å². The van der Waals surface area contributed by atoms with Crippen LogP contribution in [-0.2, 0) is 26.2 Å². The number of carbonyl (C=O) groups excluding carboxylic acids is 2. The SMILES string of the molecule is CC(C)NC(=O)[C@@H](C)N(Cc1c(Cl)cccc1Cl)C(=O)CN(c1cccc(Cl)c1Cl)S(=O)(=O)c1ccccc1. The Morgan fingerprint density at radius 2 is 1.38 bits per heavy atom. The first-order valence-electron chi connectivity index (χ1n) is 11.9. The first-order chi connectivity index (χ1) is 18.3. The molecule has 0 aliphatic rings. The van der Waals surface area contributed by atoms with Gasteiger partial charge < -0.3 is 10.2 Å². The van der Waals surface area contributed by atoms with Crippen LogP contribution in [0.2, 0.25) is 20.1 Å². The van der Waals surface area contributed by atoms with Crippen molar-refractivity contribution in [1.82, 2.24) is 10.2 Å². The zero-order valence-electron chi connectivity index (χ0n) is 21.4. The Labute approximate surface area is 248 Å². The van der Waals surface area contributed by atoms with Gasteiger partial charge in [0.25, 0.3) is 10.0 Å². The summed E-state index contributed by atoms with van der Waals surface area (Å²) >= 11 is 25.4. The van der Waals surface area contributed by atoms with Crippen molar-refractivity contribution < 1.29 is 18.0 Å². The van der Waals surface area contributed by atoms with Crippen LogP contribution in [0.1, 0.15) is 26.3 Å². The highest BCUT2D eigenvalue weighted by atomic mass is 35.5. The summed E-state index contributed by atoms with van der Waals surface area (Å²) in [5, 5.41) is 3.44. The van der Waals surface area contributed by atoms with Gasteiger partial charge in [-0.25, -0.2) is 8.42 Å². The van der Waals surface area contributed by atoms with Crippen molar-refractivity contribution in [2.45, 2.75) is 44.3 Å². The van der Waals surface area contributed by atoms with E-state index in [1.165, 1.54) is 35.2 Å². The van der Waals surface area contributed by atoms with Gasteiger partial charge in [0.1, 0.15) is 12.6 Å². The van der Waals surface area contributed by atoms with Crippen molar-refractivity contribution in [3.8, 4) is 0 Å². The second-order valence-corrected chi connectivity index (χ2v) is 12.4. The quantitative estimate of drug-likeness (QED) is 0.279. The summed E-state index contributed by atoms with van der Waals surface area (Å²) in [6, 6.07) is 15.8. The van der Waals surface area contributed by atoms with E-state index in [1.807, 2.05) is 0 Å². The van der Waals surface area contributed by atoms with Crippen molar-refractivity contribution in [2.75, 3.05) is 10.8 Å². The molecule has 0 radical (unpaired) electrons. The summed E-state index contributed by atoms with van der Waals surface area (Å²) in [4.78, 5) is 28.1. The van der Waals surface area contributed by atoms with Crippen molar-refractivity contribution >= 4 is 73.9 Å². The van der Waals surface area contributed by atoms with Crippen molar-refractivity contribution in [3.05, 3.63) is 92.4 Å². The Morgan fingerprint density at radius 1 is 0.821 bits per heavy atom. The van der Waals surface area contributed by atoms with Gasteiger partial charge in [-0.1, -0.05) is 76.7 Å². The fourth-order valence-electron chi connectivity index (χ4n) is 3.76. The Hall–Kier alpha value is -2.49. The highest BCUT2D eigenvalue weighted by molar-refractivity contribution is 7.92. The van der Waals surface area contributed by atoms with E-state index in [1.54, 1.807) is 57.2 Å². The molecule has 0 heterocycles. The molecule has 0 saturated carbocycles. The zero-order chi connectivity index (χ0) is 28.9. The number of sulfonamides is 1. The third kappa shape index (κ3) is 7.38. The first-order valence-corrected chi connectivity index (χ1v) is 14.8. The highest BCUT2D eigenvalue weighted by Crippen LogP contribution is 2.36. The van der Waals surface area contributed by atoms with Crippen LogP contribution in [0, 0.1) is 0 Å². The Balaban J connectivity index is 2.10. The summed E-state index contributed by atoms with van der Waals surface area (Å²) in [5.74, 6) is -1.12. The van der Waals surface area contributed by atoms with E-state index in [9.17, 15) is 18.0 Å². The molecule has 12 heteroatoms. The molecule has 0 unspecified atom stereocenters. The average molecular weight is 631 g/mol. The molecular weight excluding hydrogens is 604 g/mol. The second kappa shape index (κ2) is 13.2. The summed E-state index contributed by atoms with van der Waals surface area (Å²) in [7, 11) is -4.29. The van der Waals surface area contributed by atoms with Gasteiger partial charge >= 0.3 is 0 Å². The second-order valence-electron chi connectivity index (χ2n) is 8.96. The van der Waals surface area contributed by atoms with Crippen LogP contribution in [0.4, 0.5) is 5.69 Å². The molecule has 0 spiro atoms. The number of nitrogens with one attached hydrogen (secondary N) is 1. The van der Waals surface area contributed by atoms with E-state index < -0.39 is 34.4 Å². The number of amides is 2. The molecular formula is C27H27Cl4N3O4S. The number of hydrogen-bond donors (Lipinski definition) is 1. The molecule has 0 aliphatic heterocycles. The van der Waals surface area contributed by atoms with Crippen LogP contribution in [0.15, 0.2) is 71.6 Å². The summed E-state index contributed by atoms with van der Waals surface area (Å²) in [6.45, 7) is 4.29. The molecule has 2 amide bonds. The molecule has 0 aromatic heterocycles. The lowest BCUT2D eigenvalue weighted by Crippen LogP contribution is -2.52. The predicted octanol–water partition coefficient (Wildman–Crippen LogP) is 6.44. The van der Waals surface area contributed by atoms with Gasteiger partial charge in [0.15, 0.2) is 0 Å². The molecule has 0 saturated heterocycles. The number of hydrogen-bond acceptors (Lipinski definition) is 4. The standard InChI is InChI=1S/C27H27Cl4N3O4S/c1-17(2)32-27(36)18(3)33(15-20-21(28)11-7-12-22(20)29)25(35)16-34(24-14-8-13-23(30)26(24)31)39(37,38)19-9-5-4-6-10-19/h4-14,17-18H,15-16H2,1-3H3,(H,32,36)/t18-/m1/s1. The molecule has 1 N–H and O–H groups in total. The molecule has 3 aromatic rings. The minimum absolute atomic E-state index is 0.0105. The van der Waals surface area contributed by atoms with Crippen molar-refractivity contribution in [1.29, 1.82) is 0 Å². The molecule has 1 atom stereocenters. The number of benzene rings is 3. The van der Waals surface area contributed by atoms with Crippen LogP contribution in [0.25, 0.3) is 0 Å². The maximum atomic E-state index is 13.9. The minimum atomic E-state index is -4.29. The van der Waals surface area contributed by atoms with Crippen molar-refractivity contribution in [3.63, 3.8) is 0 Å². The Morgan fingerprint density at radius 3 is 1.97 bits per heavy atom. The smallest absolute Gasteiger partial charge is 0.264 e. The minimum Gasteiger partial charge on any atom is -0.352 e. The summed E-state index contributed by atoms with van der Waals surface area (Å²) < 4.78 is 28.5. The monoisotopic (exact) mass is 629 g/mol. The van der Waals surface area contributed by atoms with Gasteiger partial charge in [-0.3, -0.25) is 13.9 Å². The van der Waals surface area contributed by atoms with Gasteiger partial charge in [0.2, 0.25) is 11.8 Å². The van der Waals surface area contributed by atoms with Crippen LogP contribution < -0.4 is 9.62 Å². The van der Waals surface area contributed by atoms with Crippen LogP contribution >= 0.6 is 46.4 Å². The maximum absolute atomic E-state index is 13.9. The molecule has 0 aliphatic carbocycles. The summed E-state index contributed by atoms with van der Waals surface area (Å²) in [5.41, 5.74) is 0.424. The van der Waals surface area contributed by atoms with Gasteiger partial charge in [-0.2, -0.15) is 0 Å². The third-order valence-electron chi connectivity index (χ3n) is 5.80. The van der Waals surface area contributed by atoms with E-state index >= 15 is 0 Å². The van der Waals surface area contributed by atoms with E-state index in [-0.39, 0.29) is 33.2 Å². The van der Waals surface area contributed by atoms with Gasteiger partial charge in [-0.15, -0.1) is 0 Å². The van der Waals surface area contributed by atoms with Crippen molar-refractivity contribution in [2.24, 2.45) is 0 Å². The number of nitrogens with zero attached hydrogens (tertiary/aromatic N) is 2. The van der Waals surface area contributed by atoms with Gasteiger partial charge in [0, 0.05) is 28.2 Å². The average Bonchev–Trinajstić information content (AvgIpc) is 2.88. The number of halogens is 4. The van der Waals surface area contributed by atoms with E-state index in [4.69, 9.17) is 46.4 Å². The highest BCUT2D eigenvalue weighted by Gasteiger charge is 2.34. The van der Waals surface area contributed by atoms with E-state index in [2.05, 4.69) is 5.32 Å². The first kappa shape index (κ1) is 31.0. The number of anilines is 1. The zero-order valence-corrected chi connectivity index (χ0v) is 25.2. The normalized spacial score (nSPS) is 12.2. The topological polar surface area (TPSA) is 86.8 Å². The lowest BCUT2D eigenvalue weighted by atomic mass is 10.1. The molecule has 39 heavy (non-hydrogen) atoms. The maximum Gasteiger partial charge on any atom is 0.264 e. The number of rotatable bonds is 10. The molecule has 0 fully saturated rings.